The van der Waals surface area contributed by atoms with Crippen LogP contribution in [0.2, 0.25) is 0 Å². The number of aliphatic hydroxyl groups is 5. The van der Waals surface area contributed by atoms with Crippen molar-refractivity contribution >= 4 is 11.9 Å². The van der Waals surface area contributed by atoms with E-state index in [1.165, 1.54) is 6.92 Å². The fraction of sp³-hybridized carbons (Fsp3) is 0.733. The number of carboxylic acid groups (broad SMARTS) is 1. The number of ether oxygens (including phenoxy) is 3. The zero-order valence-electron chi connectivity index (χ0n) is 14.3. The fourth-order valence-corrected chi connectivity index (χ4v) is 2.88. The first-order valence-corrected chi connectivity index (χ1v) is 8.14. The van der Waals surface area contributed by atoms with Crippen LogP contribution in [-0.4, -0.2) is 105 Å². The summed E-state index contributed by atoms with van der Waals surface area (Å²) in [6, 6.07) is -1.21. The van der Waals surface area contributed by atoms with Crippen LogP contribution in [0.15, 0.2) is 11.8 Å². The number of carbonyl (C=O) groups is 2. The van der Waals surface area contributed by atoms with Crippen molar-refractivity contribution in [2.45, 2.75) is 55.9 Å². The number of amides is 1. The summed E-state index contributed by atoms with van der Waals surface area (Å²) in [5.74, 6) is -2.59. The van der Waals surface area contributed by atoms with Crippen LogP contribution in [0.5, 0.6) is 0 Å². The number of aliphatic carboxylic acids is 1. The van der Waals surface area contributed by atoms with Gasteiger partial charge in [0.2, 0.25) is 11.7 Å². The average molecular weight is 393 g/mol. The average Bonchev–Trinajstić information content (AvgIpc) is 2.60. The van der Waals surface area contributed by atoms with Gasteiger partial charge in [-0.15, -0.1) is 0 Å². The Bertz CT molecular complexity index is 582. The molecule has 2 aliphatic rings. The third-order valence-electron chi connectivity index (χ3n) is 4.24. The standard InChI is InChI=1S/C15H23NO11/c1-5(18)16-10-13(12(21)8(3-17)27-15(10)24)25-4-9-11(20)6(19)2-7(26-9)14(22)23/h2,6,8-13,15,17,19-21,24H,3-4H2,1H3,(H,16,18)(H,22,23)/t6-,8+,9-,10+,11+,12-,13+,15+/m0/s1. The minimum Gasteiger partial charge on any atom is -0.478 e. The van der Waals surface area contributed by atoms with E-state index < -0.39 is 79.8 Å². The van der Waals surface area contributed by atoms with Crippen molar-refractivity contribution in [1.82, 2.24) is 5.32 Å². The predicted molar refractivity (Wildman–Crippen MR) is 83.9 cm³/mol. The molecule has 0 aromatic carbocycles. The van der Waals surface area contributed by atoms with Crippen LogP contribution in [0.1, 0.15) is 6.92 Å². The number of aliphatic hydroxyl groups excluding tert-OH is 5. The van der Waals surface area contributed by atoms with Gasteiger partial charge in [-0.2, -0.15) is 0 Å². The molecule has 0 radical (unpaired) electrons. The molecule has 2 heterocycles. The Hall–Kier alpha value is -1.80. The molecule has 27 heavy (non-hydrogen) atoms. The zero-order valence-corrected chi connectivity index (χ0v) is 14.3. The van der Waals surface area contributed by atoms with E-state index in [-0.39, 0.29) is 0 Å². The van der Waals surface area contributed by atoms with Gasteiger partial charge in [-0.1, -0.05) is 0 Å². The van der Waals surface area contributed by atoms with Crippen LogP contribution in [0, 0.1) is 0 Å². The largest absolute Gasteiger partial charge is 0.478 e. The molecule has 0 saturated carbocycles. The number of rotatable bonds is 6. The predicted octanol–water partition coefficient (Wildman–Crippen LogP) is -3.96. The lowest BCUT2D eigenvalue weighted by Crippen LogP contribution is -2.65. The Labute approximate surface area is 153 Å². The molecule has 7 N–H and O–H groups in total. The molecule has 0 bridgehead atoms. The molecule has 0 spiro atoms. The molecule has 1 saturated heterocycles. The summed E-state index contributed by atoms with van der Waals surface area (Å²) in [6.07, 6.45) is -9.03. The van der Waals surface area contributed by atoms with Crippen LogP contribution < -0.4 is 5.32 Å². The molecule has 0 unspecified atom stereocenters. The lowest BCUT2D eigenvalue weighted by Gasteiger charge is -2.43. The lowest BCUT2D eigenvalue weighted by molar-refractivity contribution is -0.266. The van der Waals surface area contributed by atoms with E-state index in [1.807, 2.05) is 0 Å². The molecule has 8 atom stereocenters. The van der Waals surface area contributed by atoms with Crippen LogP contribution >= 0.6 is 0 Å². The molecule has 2 aliphatic heterocycles. The summed E-state index contributed by atoms with van der Waals surface area (Å²) in [5, 5.41) is 60.5. The van der Waals surface area contributed by atoms with E-state index in [0.29, 0.717) is 0 Å². The van der Waals surface area contributed by atoms with E-state index in [2.05, 4.69) is 5.32 Å². The molecule has 0 aliphatic carbocycles. The maximum atomic E-state index is 11.3. The van der Waals surface area contributed by atoms with Gasteiger partial charge in [-0.3, -0.25) is 4.79 Å². The van der Waals surface area contributed by atoms with Crippen molar-refractivity contribution < 1.29 is 54.4 Å². The molecule has 154 valence electrons. The smallest absolute Gasteiger partial charge is 0.370 e. The summed E-state index contributed by atoms with van der Waals surface area (Å²) in [4.78, 5) is 22.4. The molecular formula is C15H23NO11. The first-order chi connectivity index (χ1) is 12.6. The normalized spacial score (nSPS) is 39.3. The van der Waals surface area contributed by atoms with Crippen molar-refractivity contribution in [2.24, 2.45) is 0 Å². The second-order valence-corrected chi connectivity index (χ2v) is 6.24. The van der Waals surface area contributed by atoms with E-state index in [1.54, 1.807) is 0 Å². The fourth-order valence-electron chi connectivity index (χ4n) is 2.88. The van der Waals surface area contributed by atoms with Gasteiger partial charge in [-0.05, 0) is 6.08 Å². The molecule has 0 aromatic rings. The quantitative estimate of drug-likeness (QED) is 0.232. The number of carbonyl (C=O) groups excluding carboxylic acids is 1. The van der Waals surface area contributed by atoms with Gasteiger partial charge in [0, 0.05) is 6.92 Å². The third-order valence-corrected chi connectivity index (χ3v) is 4.24. The van der Waals surface area contributed by atoms with Gasteiger partial charge in [0.1, 0.15) is 36.6 Å². The van der Waals surface area contributed by atoms with Gasteiger partial charge in [0.15, 0.2) is 12.4 Å². The van der Waals surface area contributed by atoms with Gasteiger partial charge in [0.05, 0.1) is 13.2 Å². The lowest BCUT2D eigenvalue weighted by atomic mass is 9.96. The highest BCUT2D eigenvalue weighted by Gasteiger charge is 2.46. The minimum absolute atomic E-state index is 0.495. The molecule has 2 rings (SSSR count). The molecule has 1 fully saturated rings. The van der Waals surface area contributed by atoms with Crippen molar-refractivity contribution in [1.29, 1.82) is 0 Å². The van der Waals surface area contributed by atoms with Crippen molar-refractivity contribution in [3.05, 3.63) is 11.8 Å². The number of hydrogen-bond donors (Lipinski definition) is 7. The Morgan fingerprint density at radius 1 is 1.19 bits per heavy atom. The first-order valence-electron chi connectivity index (χ1n) is 8.14. The summed E-state index contributed by atoms with van der Waals surface area (Å²) >= 11 is 0. The Balaban J connectivity index is 2.12. The van der Waals surface area contributed by atoms with E-state index in [0.717, 1.165) is 6.08 Å². The number of carboxylic acids is 1. The SMILES string of the molecule is CC(=O)N[C@@H]1[C@@H](OC[C@@H]2OC(C(=O)O)=C[C@H](O)[C@H]2O)[C@@H](O)[C@@H](CO)O[C@H]1O. The summed E-state index contributed by atoms with van der Waals surface area (Å²) in [6.45, 7) is 0.0339. The number of nitrogens with one attached hydrogen (secondary N) is 1. The second kappa shape index (κ2) is 8.93. The van der Waals surface area contributed by atoms with Gasteiger partial charge in [-0.25, -0.2) is 4.79 Å². The topological polar surface area (TPSA) is 195 Å². The summed E-state index contributed by atoms with van der Waals surface area (Å²) in [7, 11) is 0. The van der Waals surface area contributed by atoms with Crippen LogP contribution in [0.4, 0.5) is 0 Å². The third kappa shape index (κ3) is 4.93. The minimum atomic E-state index is -1.60. The van der Waals surface area contributed by atoms with Crippen LogP contribution in [-0.2, 0) is 23.8 Å². The van der Waals surface area contributed by atoms with E-state index >= 15 is 0 Å². The maximum absolute atomic E-state index is 11.3. The Kier molecular flexibility index (Phi) is 7.11. The highest BCUT2D eigenvalue weighted by molar-refractivity contribution is 5.84. The van der Waals surface area contributed by atoms with Crippen LogP contribution in [0.25, 0.3) is 0 Å². The van der Waals surface area contributed by atoms with Gasteiger partial charge in [0.25, 0.3) is 0 Å². The summed E-state index contributed by atoms with van der Waals surface area (Å²) in [5.41, 5.74) is 0. The van der Waals surface area contributed by atoms with Crippen molar-refractivity contribution in [3.8, 4) is 0 Å². The molecule has 1 amide bonds. The highest BCUT2D eigenvalue weighted by Crippen LogP contribution is 2.25. The first kappa shape index (κ1) is 21.5. The van der Waals surface area contributed by atoms with Crippen LogP contribution in [0.3, 0.4) is 0 Å². The Morgan fingerprint density at radius 2 is 1.85 bits per heavy atom. The Morgan fingerprint density at radius 3 is 2.41 bits per heavy atom. The van der Waals surface area contributed by atoms with Gasteiger partial charge < -0.3 is 50.2 Å². The van der Waals surface area contributed by atoms with Crippen molar-refractivity contribution in [2.75, 3.05) is 13.2 Å². The second-order valence-electron chi connectivity index (χ2n) is 6.24. The highest BCUT2D eigenvalue weighted by atomic mass is 16.6. The molecule has 12 nitrogen and oxygen atoms in total. The van der Waals surface area contributed by atoms with E-state index in [9.17, 15) is 35.1 Å². The zero-order chi connectivity index (χ0) is 20.3. The van der Waals surface area contributed by atoms with Crippen molar-refractivity contribution in [3.63, 3.8) is 0 Å². The number of hydrogen-bond acceptors (Lipinski definition) is 10. The molecule has 12 heteroatoms. The molecule has 0 aromatic heterocycles. The summed E-state index contributed by atoms with van der Waals surface area (Å²) < 4.78 is 15.6. The van der Waals surface area contributed by atoms with E-state index in [4.69, 9.17) is 19.3 Å². The maximum Gasteiger partial charge on any atom is 0.370 e. The monoisotopic (exact) mass is 393 g/mol. The van der Waals surface area contributed by atoms with Gasteiger partial charge >= 0.3 is 5.97 Å². The molecular weight excluding hydrogens is 370 g/mol.